The average Bonchev–Trinajstić information content (AvgIpc) is 2.38. The second-order valence-electron chi connectivity index (χ2n) is 3.48. The van der Waals surface area contributed by atoms with Gasteiger partial charge in [-0.2, -0.15) is 0 Å². The zero-order valence-electron chi connectivity index (χ0n) is 9.15. The summed E-state index contributed by atoms with van der Waals surface area (Å²) in [5.74, 6) is 0.908. The Morgan fingerprint density at radius 3 is 2.59 bits per heavy atom. The summed E-state index contributed by atoms with van der Waals surface area (Å²) in [7, 11) is 0. The highest BCUT2D eigenvalue weighted by Gasteiger charge is 2.09. The van der Waals surface area contributed by atoms with E-state index in [-0.39, 0.29) is 0 Å². The van der Waals surface area contributed by atoms with Crippen molar-refractivity contribution in [3.63, 3.8) is 0 Å². The summed E-state index contributed by atoms with van der Waals surface area (Å²) >= 11 is 1.40. The topological polar surface area (TPSA) is 72.0 Å². The molecule has 1 aromatic carbocycles. The predicted octanol–water partition coefficient (Wildman–Crippen LogP) is 1.88. The van der Waals surface area contributed by atoms with Crippen LogP contribution >= 0.6 is 11.8 Å². The van der Waals surface area contributed by atoms with Crippen molar-refractivity contribution in [2.24, 2.45) is 0 Å². The number of hydrogen-bond acceptors (Lipinski definition) is 5. The molecule has 2 rings (SSSR count). The molecular weight excluding hydrogens is 234 g/mol. The SMILES string of the molecule is Nc1nccnc1SCC(O)c1ccccc1. The monoisotopic (exact) mass is 247 g/mol. The summed E-state index contributed by atoms with van der Waals surface area (Å²) in [6.07, 6.45) is 2.61. The molecule has 88 valence electrons. The molecule has 0 saturated heterocycles. The van der Waals surface area contributed by atoms with Gasteiger partial charge in [0.2, 0.25) is 0 Å². The van der Waals surface area contributed by atoms with Crippen LogP contribution < -0.4 is 5.73 Å². The molecule has 1 atom stereocenters. The van der Waals surface area contributed by atoms with Gasteiger partial charge in [0.25, 0.3) is 0 Å². The minimum absolute atomic E-state index is 0.401. The maximum atomic E-state index is 9.96. The molecule has 5 heteroatoms. The lowest BCUT2D eigenvalue weighted by Crippen LogP contribution is -2.02. The van der Waals surface area contributed by atoms with Crippen molar-refractivity contribution in [3.8, 4) is 0 Å². The van der Waals surface area contributed by atoms with Crippen LogP contribution in [0.3, 0.4) is 0 Å². The van der Waals surface area contributed by atoms with Gasteiger partial charge in [0.15, 0.2) is 5.82 Å². The molecule has 0 radical (unpaired) electrons. The van der Waals surface area contributed by atoms with Gasteiger partial charge in [0.05, 0.1) is 6.10 Å². The van der Waals surface area contributed by atoms with Crippen LogP contribution in [-0.4, -0.2) is 20.8 Å². The molecule has 0 spiro atoms. The van der Waals surface area contributed by atoms with E-state index in [0.717, 1.165) is 5.56 Å². The van der Waals surface area contributed by atoms with Crippen LogP contribution in [0.15, 0.2) is 47.8 Å². The summed E-state index contributed by atoms with van der Waals surface area (Å²) < 4.78 is 0. The highest BCUT2D eigenvalue weighted by molar-refractivity contribution is 7.99. The molecule has 1 aromatic heterocycles. The normalized spacial score (nSPS) is 12.3. The van der Waals surface area contributed by atoms with Gasteiger partial charge in [0.1, 0.15) is 5.03 Å². The minimum Gasteiger partial charge on any atom is -0.388 e. The van der Waals surface area contributed by atoms with Gasteiger partial charge in [-0.15, -0.1) is 0 Å². The van der Waals surface area contributed by atoms with Gasteiger partial charge in [0, 0.05) is 18.1 Å². The largest absolute Gasteiger partial charge is 0.388 e. The summed E-state index contributed by atoms with van der Waals surface area (Å²) in [5.41, 5.74) is 6.56. The zero-order valence-corrected chi connectivity index (χ0v) is 9.97. The van der Waals surface area contributed by atoms with E-state index in [0.29, 0.717) is 16.6 Å². The Morgan fingerprint density at radius 2 is 1.88 bits per heavy atom. The van der Waals surface area contributed by atoms with E-state index in [1.54, 1.807) is 12.4 Å². The molecule has 1 heterocycles. The number of anilines is 1. The van der Waals surface area contributed by atoms with Gasteiger partial charge in [-0.3, -0.25) is 0 Å². The molecule has 1 unspecified atom stereocenters. The number of nitrogens with zero attached hydrogens (tertiary/aromatic N) is 2. The quantitative estimate of drug-likeness (QED) is 0.807. The second kappa shape index (κ2) is 5.65. The lowest BCUT2D eigenvalue weighted by Gasteiger charge is -2.10. The zero-order chi connectivity index (χ0) is 12.1. The van der Waals surface area contributed by atoms with Crippen molar-refractivity contribution >= 4 is 17.6 Å². The third-order valence-electron chi connectivity index (χ3n) is 2.25. The van der Waals surface area contributed by atoms with Crippen LogP contribution in [-0.2, 0) is 0 Å². The van der Waals surface area contributed by atoms with Gasteiger partial charge >= 0.3 is 0 Å². The van der Waals surface area contributed by atoms with Crippen molar-refractivity contribution in [1.82, 2.24) is 9.97 Å². The Bertz CT molecular complexity index is 478. The summed E-state index contributed by atoms with van der Waals surface area (Å²) in [6, 6.07) is 9.51. The van der Waals surface area contributed by atoms with Crippen molar-refractivity contribution in [1.29, 1.82) is 0 Å². The van der Waals surface area contributed by atoms with E-state index in [1.807, 2.05) is 30.3 Å². The lowest BCUT2D eigenvalue weighted by molar-refractivity contribution is 0.204. The third kappa shape index (κ3) is 3.18. The molecule has 0 bridgehead atoms. The van der Waals surface area contributed by atoms with Crippen LogP contribution in [0.25, 0.3) is 0 Å². The van der Waals surface area contributed by atoms with Gasteiger partial charge in [-0.1, -0.05) is 42.1 Å². The van der Waals surface area contributed by atoms with Gasteiger partial charge < -0.3 is 10.8 Å². The van der Waals surface area contributed by atoms with Crippen LogP contribution in [0, 0.1) is 0 Å². The molecule has 0 aliphatic heterocycles. The Labute approximate surface area is 104 Å². The number of nitrogen functional groups attached to an aromatic ring is 1. The van der Waals surface area contributed by atoms with Crippen LogP contribution in [0.1, 0.15) is 11.7 Å². The molecule has 0 amide bonds. The average molecular weight is 247 g/mol. The first-order valence-corrected chi connectivity index (χ1v) is 6.18. The fraction of sp³-hybridized carbons (Fsp3) is 0.167. The molecule has 17 heavy (non-hydrogen) atoms. The van der Waals surface area contributed by atoms with E-state index in [4.69, 9.17) is 5.73 Å². The number of aliphatic hydroxyl groups is 1. The van der Waals surface area contributed by atoms with Gasteiger partial charge in [-0.05, 0) is 5.56 Å². The molecule has 2 aromatic rings. The van der Waals surface area contributed by atoms with E-state index in [2.05, 4.69) is 9.97 Å². The highest BCUT2D eigenvalue weighted by atomic mass is 32.2. The molecule has 0 fully saturated rings. The predicted molar refractivity (Wildman–Crippen MR) is 68.6 cm³/mol. The molecule has 4 nitrogen and oxygen atoms in total. The first-order chi connectivity index (χ1) is 8.27. The Balaban J connectivity index is 1.97. The molecule has 0 aliphatic carbocycles. The minimum atomic E-state index is -0.525. The molecule has 3 N–H and O–H groups in total. The van der Waals surface area contributed by atoms with E-state index in [1.165, 1.54) is 11.8 Å². The number of nitrogens with two attached hydrogens (primary N) is 1. The summed E-state index contributed by atoms with van der Waals surface area (Å²) in [5, 5.41) is 10.6. The van der Waals surface area contributed by atoms with Crippen molar-refractivity contribution < 1.29 is 5.11 Å². The van der Waals surface area contributed by atoms with Gasteiger partial charge in [-0.25, -0.2) is 9.97 Å². The number of benzene rings is 1. The number of hydrogen-bond donors (Lipinski definition) is 2. The first kappa shape index (κ1) is 11.9. The molecular formula is C12H13N3OS. The smallest absolute Gasteiger partial charge is 0.156 e. The number of aliphatic hydroxyl groups excluding tert-OH is 1. The molecule has 0 saturated carbocycles. The lowest BCUT2D eigenvalue weighted by atomic mass is 10.1. The maximum Gasteiger partial charge on any atom is 0.156 e. The third-order valence-corrected chi connectivity index (χ3v) is 3.32. The van der Waals surface area contributed by atoms with E-state index >= 15 is 0 Å². The van der Waals surface area contributed by atoms with Crippen LogP contribution in [0.2, 0.25) is 0 Å². The molecule has 0 aliphatic rings. The van der Waals surface area contributed by atoms with Crippen LogP contribution in [0.4, 0.5) is 5.82 Å². The van der Waals surface area contributed by atoms with Crippen molar-refractivity contribution in [2.45, 2.75) is 11.1 Å². The maximum absolute atomic E-state index is 9.96. The van der Waals surface area contributed by atoms with E-state index in [9.17, 15) is 5.11 Å². The van der Waals surface area contributed by atoms with Crippen molar-refractivity contribution in [3.05, 3.63) is 48.3 Å². The fourth-order valence-corrected chi connectivity index (χ4v) is 2.22. The van der Waals surface area contributed by atoms with E-state index < -0.39 is 6.10 Å². The number of thioether (sulfide) groups is 1. The first-order valence-electron chi connectivity index (χ1n) is 5.19. The standard InChI is InChI=1S/C12H13N3OS/c13-11-12(15-7-6-14-11)17-8-10(16)9-4-2-1-3-5-9/h1-7,10,16H,8H2,(H2,13,14). The van der Waals surface area contributed by atoms with Crippen LogP contribution in [0.5, 0.6) is 0 Å². The highest BCUT2D eigenvalue weighted by Crippen LogP contribution is 2.25. The Hall–Kier alpha value is -1.59. The Kier molecular flexibility index (Phi) is 3.95. The van der Waals surface area contributed by atoms with Crippen molar-refractivity contribution in [2.75, 3.05) is 11.5 Å². The summed E-state index contributed by atoms with van der Waals surface area (Å²) in [6.45, 7) is 0. The second-order valence-corrected chi connectivity index (χ2v) is 4.49. The Morgan fingerprint density at radius 1 is 1.18 bits per heavy atom. The number of rotatable bonds is 4. The fourth-order valence-electron chi connectivity index (χ4n) is 1.38. The summed E-state index contributed by atoms with van der Waals surface area (Å²) in [4.78, 5) is 8.05. The number of aromatic nitrogens is 2.